The van der Waals surface area contributed by atoms with Crippen LogP contribution in [0.15, 0.2) is 24.3 Å². The van der Waals surface area contributed by atoms with E-state index in [4.69, 9.17) is 5.11 Å². The lowest BCUT2D eigenvalue weighted by Crippen LogP contribution is -2.00. The largest absolute Gasteiger partial charge is 0.507 e. The predicted octanol–water partition coefficient (Wildman–Crippen LogP) is 2.52. The third-order valence-electron chi connectivity index (χ3n) is 2.06. The molecular weight excluding hydrogens is 192 g/mol. The first-order chi connectivity index (χ1) is 6.91. The monoisotopic (exact) mass is 206 g/mol. The summed E-state index contributed by atoms with van der Waals surface area (Å²) in [6.45, 7) is 7.37. The average molecular weight is 206 g/mol. The first-order valence-corrected chi connectivity index (χ1v) is 4.62. The maximum Gasteiger partial charge on any atom is 0.339 e. The summed E-state index contributed by atoms with van der Waals surface area (Å²) in [5.41, 5.74) is 2.26. The van der Waals surface area contributed by atoms with Gasteiger partial charge in [0.15, 0.2) is 0 Å². The van der Waals surface area contributed by atoms with Crippen molar-refractivity contribution in [3.05, 3.63) is 41.0 Å². The molecule has 0 fully saturated rings. The smallest absolute Gasteiger partial charge is 0.339 e. The molecule has 80 valence electrons. The Balaban J connectivity index is 3.28. The van der Waals surface area contributed by atoms with Crippen molar-refractivity contribution in [3.63, 3.8) is 0 Å². The zero-order valence-corrected chi connectivity index (χ0v) is 8.87. The predicted molar refractivity (Wildman–Crippen MR) is 58.3 cm³/mol. The van der Waals surface area contributed by atoms with Crippen molar-refractivity contribution in [1.82, 2.24) is 0 Å². The van der Waals surface area contributed by atoms with Crippen molar-refractivity contribution in [2.45, 2.75) is 20.3 Å². The summed E-state index contributed by atoms with van der Waals surface area (Å²) in [5, 5.41) is 18.6. The minimum Gasteiger partial charge on any atom is -0.507 e. The van der Waals surface area contributed by atoms with Crippen molar-refractivity contribution in [3.8, 4) is 5.75 Å². The van der Waals surface area contributed by atoms with Crippen molar-refractivity contribution < 1.29 is 15.0 Å². The molecule has 0 saturated heterocycles. The number of hydrogen-bond acceptors (Lipinski definition) is 2. The molecule has 1 aromatic carbocycles. The van der Waals surface area contributed by atoms with Crippen LogP contribution in [-0.2, 0) is 6.42 Å². The summed E-state index contributed by atoms with van der Waals surface area (Å²) in [6.07, 6.45) is 0.494. The standard InChI is InChI=1S/C12H14O3/c1-7(2)4-9-5-8(3)6-10(11(9)13)12(14)15/h5-6,13H,1,4H2,2-3H3,(H,14,15). The van der Waals surface area contributed by atoms with Gasteiger partial charge in [0.05, 0.1) is 0 Å². The Hall–Kier alpha value is -1.77. The van der Waals surface area contributed by atoms with Crippen LogP contribution in [0.5, 0.6) is 5.75 Å². The molecule has 0 aromatic heterocycles. The van der Waals surface area contributed by atoms with E-state index in [0.29, 0.717) is 12.0 Å². The van der Waals surface area contributed by atoms with Crippen LogP contribution >= 0.6 is 0 Å². The molecule has 0 radical (unpaired) electrons. The van der Waals surface area contributed by atoms with Crippen LogP contribution in [0.25, 0.3) is 0 Å². The number of allylic oxidation sites excluding steroid dienone is 1. The van der Waals surface area contributed by atoms with Crippen molar-refractivity contribution in [1.29, 1.82) is 0 Å². The van der Waals surface area contributed by atoms with Gasteiger partial charge in [0, 0.05) is 0 Å². The lowest BCUT2D eigenvalue weighted by molar-refractivity contribution is 0.0693. The van der Waals surface area contributed by atoms with E-state index < -0.39 is 5.97 Å². The lowest BCUT2D eigenvalue weighted by atomic mass is 10.00. The van der Waals surface area contributed by atoms with E-state index in [1.165, 1.54) is 6.07 Å². The van der Waals surface area contributed by atoms with Gasteiger partial charge in [-0.3, -0.25) is 0 Å². The van der Waals surface area contributed by atoms with E-state index >= 15 is 0 Å². The molecule has 0 heterocycles. The topological polar surface area (TPSA) is 57.5 Å². The molecule has 0 aliphatic rings. The van der Waals surface area contributed by atoms with Gasteiger partial charge in [-0.25, -0.2) is 4.79 Å². The second-order valence-corrected chi connectivity index (χ2v) is 3.76. The van der Waals surface area contributed by atoms with Gasteiger partial charge in [-0.1, -0.05) is 18.2 Å². The van der Waals surface area contributed by atoms with Crippen LogP contribution in [-0.4, -0.2) is 16.2 Å². The molecule has 0 bridgehead atoms. The number of aryl methyl sites for hydroxylation is 1. The van der Waals surface area contributed by atoms with Crippen molar-refractivity contribution >= 4 is 5.97 Å². The minimum atomic E-state index is -1.11. The number of carbonyl (C=O) groups is 1. The van der Waals surface area contributed by atoms with E-state index in [1.54, 1.807) is 13.0 Å². The Labute approximate surface area is 88.7 Å². The zero-order valence-electron chi connectivity index (χ0n) is 8.87. The van der Waals surface area contributed by atoms with Crippen molar-refractivity contribution in [2.75, 3.05) is 0 Å². The van der Waals surface area contributed by atoms with E-state index in [9.17, 15) is 9.90 Å². The second kappa shape index (κ2) is 4.17. The van der Waals surface area contributed by atoms with Gasteiger partial charge in [0.2, 0.25) is 0 Å². The Morgan fingerprint density at radius 3 is 2.53 bits per heavy atom. The normalized spacial score (nSPS) is 10.0. The van der Waals surface area contributed by atoms with Gasteiger partial charge in [-0.05, 0) is 37.5 Å². The molecule has 1 aromatic rings. The highest BCUT2D eigenvalue weighted by atomic mass is 16.4. The maximum atomic E-state index is 10.8. The third kappa shape index (κ3) is 2.59. The van der Waals surface area contributed by atoms with Crippen LogP contribution < -0.4 is 0 Å². The molecule has 3 heteroatoms. The molecule has 1 rings (SSSR count). The van der Waals surface area contributed by atoms with Gasteiger partial charge in [-0.2, -0.15) is 0 Å². The summed E-state index contributed by atoms with van der Waals surface area (Å²) >= 11 is 0. The van der Waals surface area contributed by atoms with Crippen LogP contribution in [0.3, 0.4) is 0 Å². The lowest BCUT2D eigenvalue weighted by Gasteiger charge is -2.08. The number of hydrogen-bond donors (Lipinski definition) is 2. The molecule has 3 nitrogen and oxygen atoms in total. The molecule has 2 N–H and O–H groups in total. The molecule has 0 saturated carbocycles. The fraction of sp³-hybridized carbons (Fsp3) is 0.250. The number of aromatic hydroxyl groups is 1. The maximum absolute atomic E-state index is 10.8. The van der Waals surface area contributed by atoms with Gasteiger partial charge in [0.25, 0.3) is 0 Å². The molecule has 15 heavy (non-hydrogen) atoms. The Kier molecular flexibility index (Phi) is 3.14. The Morgan fingerprint density at radius 1 is 1.47 bits per heavy atom. The van der Waals surface area contributed by atoms with E-state index in [-0.39, 0.29) is 11.3 Å². The fourth-order valence-corrected chi connectivity index (χ4v) is 1.48. The quantitative estimate of drug-likeness (QED) is 0.747. The molecule has 0 atom stereocenters. The number of benzene rings is 1. The molecule has 0 aliphatic heterocycles. The average Bonchev–Trinajstić information content (AvgIpc) is 2.09. The fourth-order valence-electron chi connectivity index (χ4n) is 1.48. The van der Waals surface area contributed by atoms with Crippen LogP contribution in [0.2, 0.25) is 0 Å². The SMILES string of the molecule is C=C(C)Cc1cc(C)cc(C(=O)O)c1O. The van der Waals surface area contributed by atoms with Crippen molar-refractivity contribution in [2.24, 2.45) is 0 Å². The summed E-state index contributed by atoms with van der Waals surface area (Å²) in [4.78, 5) is 10.8. The number of phenols is 1. The Bertz CT molecular complexity index is 419. The summed E-state index contributed by atoms with van der Waals surface area (Å²) < 4.78 is 0. The molecule has 0 amide bonds. The minimum absolute atomic E-state index is 0.0498. The number of aromatic carboxylic acids is 1. The van der Waals surface area contributed by atoms with E-state index in [2.05, 4.69) is 6.58 Å². The van der Waals surface area contributed by atoms with Gasteiger partial charge >= 0.3 is 5.97 Å². The highest BCUT2D eigenvalue weighted by Gasteiger charge is 2.14. The molecule has 0 aliphatic carbocycles. The van der Waals surface area contributed by atoms with Gasteiger partial charge in [-0.15, -0.1) is 0 Å². The number of carboxylic acids is 1. The van der Waals surface area contributed by atoms with Gasteiger partial charge in [0.1, 0.15) is 11.3 Å². The van der Waals surface area contributed by atoms with E-state index in [1.807, 2.05) is 6.92 Å². The molecular formula is C12H14O3. The van der Waals surface area contributed by atoms with Crippen LogP contribution in [0.1, 0.15) is 28.4 Å². The third-order valence-corrected chi connectivity index (χ3v) is 2.06. The highest BCUT2D eigenvalue weighted by molar-refractivity contribution is 5.91. The first kappa shape index (κ1) is 11.3. The number of carboxylic acid groups (broad SMARTS) is 1. The Morgan fingerprint density at radius 2 is 2.07 bits per heavy atom. The summed E-state index contributed by atoms with van der Waals surface area (Å²) in [7, 11) is 0. The second-order valence-electron chi connectivity index (χ2n) is 3.76. The van der Waals surface area contributed by atoms with Crippen LogP contribution in [0.4, 0.5) is 0 Å². The first-order valence-electron chi connectivity index (χ1n) is 4.62. The number of rotatable bonds is 3. The van der Waals surface area contributed by atoms with Crippen LogP contribution in [0, 0.1) is 6.92 Å². The summed E-state index contributed by atoms with van der Waals surface area (Å²) in [5.74, 6) is -1.27. The molecule has 0 unspecified atom stereocenters. The zero-order chi connectivity index (χ0) is 11.6. The summed E-state index contributed by atoms with van der Waals surface area (Å²) in [6, 6.07) is 3.23. The van der Waals surface area contributed by atoms with Gasteiger partial charge < -0.3 is 10.2 Å². The van der Waals surface area contributed by atoms with E-state index in [0.717, 1.165) is 11.1 Å². The molecule has 0 spiro atoms. The highest BCUT2D eigenvalue weighted by Crippen LogP contribution is 2.26.